The van der Waals surface area contributed by atoms with E-state index in [0.717, 1.165) is 29.7 Å². The molecular formula is C24H27ClN4O2. The van der Waals surface area contributed by atoms with Gasteiger partial charge >= 0.3 is 0 Å². The Morgan fingerprint density at radius 3 is 2.52 bits per heavy atom. The number of hydrogen-bond acceptors (Lipinski definition) is 6. The molecule has 0 atom stereocenters. The highest BCUT2D eigenvalue weighted by Crippen LogP contribution is 2.29. The van der Waals surface area contributed by atoms with E-state index in [1.165, 1.54) is 11.8 Å². The zero-order chi connectivity index (χ0) is 21.1. The second-order valence-electron chi connectivity index (χ2n) is 8.31. The topological polar surface area (TPSA) is 82.3 Å². The number of nitrogen functional groups attached to an aromatic ring is 1. The summed E-state index contributed by atoms with van der Waals surface area (Å²) < 4.78 is 11.4. The number of allylic oxidation sites excluding steroid dienone is 4. The van der Waals surface area contributed by atoms with Gasteiger partial charge in [-0.25, -0.2) is 4.98 Å². The van der Waals surface area contributed by atoms with Crippen molar-refractivity contribution in [1.82, 2.24) is 9.97 Å². The third-order valence-electron chi connectivity index (χ3n) is 4.94. The van der Waals surface area contributed by atoms with Crippen molar-refractivity contribution in [3.63, 3.8) is 0 Å². The van der Waals surface area contributed by atoms with E-state index in [1.54, 1.807) is 6.26 Å². The Morgan fingerprint density at radius 2 is 1.84 bits per heavy atom. The Balaban J connectivity index is 0.00000272. The number of ether oxygens (including phenoxy) is 2. The second kappa shape index (κ2) is 9.27. The van der Waals surface area contributed by atoms with Gasteiger partial charge in [0.2, 0.25) is 11.8 Å². The van der Waals surface area contributed by atoms with Crippen LogP contribution in [0.15, 0.2) is 78.3 Å². The average Bonchev–Trinajstić information content (AvgIpc) is 2.74. The van der Waals surface area contributed by atoms with E-state index in [1.807, 2.05) is 18.2 Å². The Morgan fingerprint density at radius 1 is 1.06 bits per heavy atom. The van der Waals surface area contributed by atoms with Crippen LogP contribution in [0.25, 0.3) is 11.3 Å². The lowest BCUT2D eigenvalue weighted by Gasteiger charge is -2.20. The molecule has 1 aliphatic heterocycles. The molecule has 0 amide bonds. The molecule has 1 aromatic heterocycles. The minimum absolute atomic E-state index is 0. The van der Waals surface area contributed by atoms with Gasteiger partial charge in [0.05, 0.1) is 5.69 Å². The first-order valence-electron chi connectivity index (χ1n) is 10.0. The van der Waals surface area contributed by atoms with Crippen LogP contribution in [-0.4, -0.2) is 9.97 Å². The van der Waals surface area contributed by atoms with Crippen molar-refractivity contribution >= 4 is 24.2 Å². The van der Waals surface area contributed by atoms with Crippen LogP contribution in [0, 0.1) is 0 Å². The molecule has 2 heterocycles. The lowest BCUT2D eigenvalue weighted by Crippen LogP contribution is -2.12. The lowest BCUT2D eigenvalue weighted by atomic mass is 9.86. The molecule has 0 radical (unpaired) electrons. The molecule has 31 heavy (non-hydrogen) atoms. The minimum Gasteiger partial charge on any atom is -0.463 e. The molecule has 1 aliphatic carbocycles. The number of rotatable bonds is 4. The maximum Gasteiger partial charge on any atom is 0.234 e. The average molecular weight is 439 g/mol. The first-order valence-corrected chi connectivity index (χ1v) is 10.0. The van der Waals surface area contributed by atoms with Gasteiger partial charge in [0.15, 0.2) is 12.0 Å². The molecule has 2 aromatic rings. The van der Waals surface area contributed by atoms with Gasteiger partial charge < -0.3 is 20.5 Å². The number of aromatic nitrogens is 2. The fraction of sp³-hybridized carbons (Fsp3) is 0.250. The minimum atomic E-state index is 0. The highest BCUT2D eigenvalue weighted by molar-refractivity contribution is 5.85. The summed E-state index contributed by atoms with van der Waals surface area (Å²) in [6.45, 7) is 6.57. The molecule has 0 bridgehead atoms. The number of hydrogen-bond donors (Lipinski definition) is 2. The quantitative estimate of drug-likeness (QED) is 0.625. The lowest BCUT2D eigenvalue weighted by molar-refractivity contribution is 0.233. The van der Waals surface area contributed by atoms with Crippen LogP contribution >= 0.6 is 12.4 Å². The number of benzene rings is 1. The monoisotopic (exact) mass is 438 g/mol. The number of nitrogens with zero attached hydrogens (tertiary/aromatic N) is 2. The van der Waals surface area contributed by atoms with Crippen LogP contribution in [0.2, 0.25) is 0 Å². The highest BCUT2D eigenvalue weighted by atomic mass is 35.5. The molecule has 0 unspecified atom stereocenters. The van der Waals surface area contributed by atoms with Crippen molar-refractivity contribution in [2.75, 3.05) is 11.1 Å². The zero-order valence-corrected chi connectivity index (χ0v) is 18.7. The van der Waals surface area contributed by atoms with Gasteiger partial charge in [-0.05, 0) is 29.4 Å². The molecule has 1 aromatic carbocycles. The molecule has 2 aliphatic rings. The van der Waals surface area contributed by atoms with Crippen LogP contribution in [0.4, 0.5) is 11.8 Å². The number of halogens is 1. The third-order valence-corrected chi connectivity index (χ3v) is 4.94. The summed E-state index contributed by atoms with van der Waals surface area (Å²) in [7, 11) is 0. The predicted molar refractivity (Wildman–Crippen MR) is 126 cm³/mol. The van der Waals surface area contributed by atoms with Crippen LogP contribution in [0.5, 0.6) is 0 Å². The SMILES string of the molecule is CC(C)(C)c1ccc(-c2cc(NC3=COC=C(C4=CC=CCC4)O3)nc(N)n2)cc1.Cl. The molecule has 7 heteroatoms. The van der Waals surface area contributed by atoms with Crippen LogP contribution in [0.3, 0.4) is 0 Å². The molecule has 6 nitrogen and oxygen atoms in total. The summed E-state index contributed by atoms with van der Waals surface area (Å²) >= 11 is 0. The smallest absolute Gasteiger partial charge is 0.234 e. The van der Waals surface area contributed by atoms with Crippen molar-refractivity contribution in [3.05, 3.63) is 83.9 Å². The largest absolute Gasteiger partial charge is 0.463 e. The normalized spacial score (nSPS) is 15.5. The fourth-order valence-corrected chi connectivity index (χ4v) is 3.27. The maximum absolute atomic E-state index is 5.96. The third kappa shape index (κ3) is 5.47. The molecule has 0 saturated heterocycles. The van der Waals surface area contributed by atoms with E-state index in [4.69, 9.17) is 15.2 Å². The summed E-state index contributed by atoms with van der Waals surface area (Å²) in [6.07, 6.45) is 11.2. The number of anilines is 2. The standard InChI is InChI=1S/C24H26N4O2.ClH/c1-24(2,3)18-11-9-16(10-12-18)19-13-21(28-23(25)26-19)27-22-15-29-14-20(30-22)17-7-5-4-6-8-17;/h4-5,7,9-15H,6,8H2,1-3H3,(H3,25,26,27,28);1H. The van der Waals surface area contributed by atoms with E-state index in [-0.39, 0.29) is 23.8 Å². The Kier molecular flexibility index (Phi) is 6.71. The van der Waals surface area contributed by atoms with Gasteiger partial charge in [0.1, 0.15) is 12.1 Å². The molecule has 0 saturated carbocycles. The molecule has 3 N–H and O–H groups in total. The number of nitrogens with two attached hydrogens (primary N) is 1. The highest BCUT2D eigenvalue weighted by Gasteiger charge is 2.17. The fourth-order valence-electron chi connectivity index (χ4n) is 3.27. The molecule has 0 fully saturated rings. The summed E-state index contributed by atoms with van der Waals surface area (Å²) in [5, 5.41) is 3.13. The molecular weight excluding hydrogens is 412 g/mol. The Labute approximate surface area is 189 Å². The second-order valence-corrected chi connectivity index (χ2v) is 8.31. The first kappa shape index (κ1) is 22.4. The van der Waals surface area contributed by atoms with E-state index < -0.39 is 0 Å². The van der Waals surface area contributed by atoms with Crippen molar-refractivity contribution < 1.29 is 9.47 Å². The summed E-state index contributed by atoms with van der Waals surface area (Å²) in [5.41, 5.74) is 10.1. The van der Waals surface area contributed by atoms with Gasteiger partial charge in [0.25, 0.3) is 0 Å². The zero-order valence-electron chi connectivity index (χ0n) is 17.9. The van der Waals surface area contributed by atoms with E-state index in [0.29, 0.717) is 17.5 Å². The number of nitrogens with one attached hydrogen (secondary N) is 1. The van der Waals surface area contributed by atoms with Crippen molar-refractivity contribution in [1.29, 1.82) is 0 Å². The van der Waals surface area contributed by atoms with Gasteiger partial charge in [-0.15, -0.1) is 12.4 Å². The molecule has 4 rings (SSSR count). The Hall–Kier alpha value is -3.25. The van der Waals surface area contributed by atoms with Gasteiger partial charge in [-0.2, -0.15) is 4.98 Å². The van der Waals surface area contributed by atoms with Crippen molar-refractivity contribution in [3.8, 4) is 11.3 Å². The van der Waals surface area contributed by atoms with Crippen molar-refractivity contribution in [2.24, 2.45) is 0 Å². The van der Waals surface area contributed by atoms with E-state index in [2.05, 4.69) is 66.4 Å². The summed E-state index contributed by atoms with van der Waals surface area (Å²) in [6, 6.07) is 10.2. The Bertz CT molecular complexity index is 1060. The van der Waals surface area contributed by atoms with Crippen molar-refractivity contribution in [2.45, 2.75) is 39.0 Å². The van der Waals surface area contributed by atoms with Gasteiger partial charge in [-0.1, -0.05) is 63.3 Å². The van der Waals surface area contributed by atoms with Crippen LogP contribution in [-0.2, 0) is 14.9 Å². The summed E-state index contributed by atoms with van der Waals surface area (Å²) in [4.78, 5) is 8.67. The van der Waals surface area contributed by atoms with Crippen LogP contribution in [0.1, 0.15) is 39.2 Å². The molecule has 0 spiro atoms. The maximum atomic E-state index is 5.96. The summed E-state index contributed by atoms with van der Waals surface area (Å²) in [5.74, 6) is 1.84. The van der Waals surface area contributed by atoms with Gasteiger partial charge in [-0.3, -0.25) is 0 Å². The van der Waals surface area contributed by atoms with E-state index in [9.17, 15) is 0 Å². The first-order chi connectivity index (χ1) is 14.4. The van der Waals surface area contributed by atoms with E-state index >= 15 is 0 Å². The molecule has 162 valence electrons. The van der Waals surface area contributed by atoms with Crippen LogP contribution < -0.4 is 11.1 Å². The predicted octanol–water partition coefficient (Wildman–Crippen LogP) is 5.82. The van der Waals surface area contributed by atoms with Gasteiger partial charge in [0, 0.05) is 11.6 Å².